The number of hydrogen-bond acceptors (Lipinski definition) is 4. The van der Waals surface area contributed by atoms with Gasteiger partial charge in [-0.05, 0) is 32.0 Å². The summed E-state index contributed by atoms with van der Waals surface area (Å²) in [6.45, 7) is 1.89. The summed E-state index contributed by atoms with van der Waals surface area (Å²) in [5.74, 6) is 0.584. The van der Waals surface area contributed by atoms with Gasteiger partial charge < -0.3 is 10.1 Å². The highest BCUT2D eigenvalue weighted by Crippen LogP contribution is 2.21. The molecule has 1 N–H and O–H groups in total. The SMILES string of the molecule is O=[N+]([O-])c1cccc(OC2CCNCC2)c1. The Morgan fingerprint density at radius 3 is 2.81 bits per heavy atom. The molecule has 0 atom stereocenters. The zero-order valence-corrected chi connectivity index (χ0v) is 8.89. The van der Waals surface area contributed by atoms with E-state index in [0.717, 1.165) is 25.9 Å². The first-order chi connectivity index (χ1) is 7.75. The summed E-state index contributed by atoms with van der Waals surface area (Å²) in [4.78, 5) is 10.2. The molecule has 1 fully saturated rings. The van der Waals surface area contributed by atoms with Gasteiger partial charge in [0.25, 0.3) is 5.69 Å². The van der Waals surface area contributed by atoms with Crippen LogP contribution in [0.2, 0.25) is 0 Å². The minimum Gasteiger partial charge on any atom is -0.490 e. The maximum atomic E-state index is 10.6. The molecule has 0 spiro atoms. The second-order valence-electron chi connectivity index (χ2n) is 3.82. The van der Waals surface area contributed by atoms with E-state index in [1.165, 1.54) is 12.1 Å². The predicted octanol–water partition coefficient (Wildman–Crippen LogP) is 1.73. The second kappa shape index (κ2) is 4.94. The molecule has 0 aromatic heterocycles. The number of non-ortho nitro benzene ring substituents is 1. The van der Waals surface area contributed by atoms with Crippen molar-refractivity contribution in [1.29, 1.82) is 0 Å². The minimum absolute atomic E-state index is 0.0754. The van der Waals surface area contributed by atoms with E-state index in [0.29, 0.717) is 5.75 Å². The van der Waals surface area contributed by atoms with Gasteiger partial charge in [-0.15, -0.1) is 0 Å². The fourth-order valence-corrected chi connectivity index (χ4v) is 1.78. The standard InChI is InChI=1S/C11H14N2O3/c14-13(15)9-2-1-3-11(8-9)16-10-4-6-12-7-5-10/h1-3,8,10,12H,4-7H2. The number of benzene rings is 1. The van der Waals surface area contributed by atoms with E-state index in [9.17, 15) is 10.1 Å². The third-order valence-corrected chi connectivity index (χ3v) is 2.62. The van der Waals surface area contributed by atoms with Crippen molar-refractivity contribution in [1.82, 2.24) is 5.32 Å². The van der Waals surface area contributed by atoms with E-state index in [-0.39, 0.29) is 11.8 Å². The lowest BCUT2D eigenvalue weighted by atomic mass is 10.1. The number of nitrogens with zero attached hydrogens (tertiary/aromatic N) is 1. The molecule has 0 aliphatic carbocycles. The van der Waals surface area contributed by atoms with Gasteiger partial charge in [-0.3, -0.25) is 10.1 Å². The third-order valence-electron chi connectivity index (χ3n) is 2.62. The summed E-state index contributed by atoms with van der Waals surface area (Å²) in [5.41, 5.74) is 0.0754. The van der Waals surface area contributed by atoms with Crippen LogP contribution in [0.4, 0.5) is 5.69 Å². The molecule has 1 aromatic carbocycles. The van der Waals surface area contributed by atoms with E-state index >= 15 is 0 Å². The second-order valence-corrected chi connectivity index (χ2v) is 3.82. The first-order valence-corrected chi connectivity index (χ1v) is 5.37. The molecular formula is C11H14N2O3. The summed E-state index contributed by atoms with van der Waals surface area (Å²) >= 11 is 0. The monoisotopic (exact) mass is 222 g/mol. The largest absolute Gasteiger partial charge is 0.490 e. The number of nitro benzene ring substituents is 1. The van der Waals surface area contributed by atoms with E-state index in [4.69, 9.17) is 4.74 Å². The summed E-state index contributed by atoms with van der Waals surface area (Å²) < 4.78 is 5.70. The van der Waals surface area contributed by atoms with Crippen LogP contribution in [0, 0.1) is 10.1 Å². The molecule has 5 nitrogen and oxygen atoms in total. The molecule has 0 unspecified atom stereocenters. The number of rotatable bonds is 3. The van der Waals surface area contributed by atoms with E-state index < -0.39 is 4.92 Å². The van der Waals surface area contributed by atoms with Crippen molar-refractivity contribution < 1.29 is 9.66 Å². The van der Waals surface area contributed by atoms with Crippen molar-refractivity contribution in [2.24, 2.45) is 0 Å². The first kappa shape index (κ1) is 10.9. The Bertz CT molecular complexity index is 375. The Kier molecular flexibility index (Phi) is 3.36. The van der Waals surface area contributed by atoms with Gasteiger partial charge in [0.15, 0.2) is 0 Å². The van der Waals surface area contributed by atoms with Crippen LogP contribution in [0.1, 0.15) is 12.8 Å². The summed E-state index contributed by atoms with van der Waals surface area (Å²) in [7, 11) is 0. The lowest BCUT2D eigenvalue weighted by Crippen LogP contribution is -2.34. The van der Waals surface area contributed by atoms with Crippen molar-refractivity contribution in [2.75, 3.05) is 13.1 Å². The van der Waals surface area contributed by atoms with Crippen molar-refractivity contribution in [3.05, 3.63) is 34.4 Å². The van der Waals surface area contributed by atoms with Gasteiger partial charge in [-0.25, -0.2) is 0 Å². The molecular weight excluding hydrogens is 208 g/mol. The van der Waals surface area contributed by atoms with E-state index in [1.54, 1.807) is 12.1 Å². The molecule has 1 saturated heterocycles. The zero-order chi connectivity index (χ0) is 11.4. The van der Waals surface area contributed by atoms with Gasteiger partial charge in [-0.2, -0.15) is 0 Å². The highest BCUT2D eigenvalue weighted by atomic mass is 16.6. The normalized spacial score (nSPS) is 17.0. The maximum Gasteiger partial charge on any atom is 0.273 e. The molecule has 1 aliphatic rings. The Hall–Kier alpha value is -1.62. The highest BCUT2D eigenvalue weighted by Gasteiger charge is 2.15. The summed E-state index contributed by atoms with van der Waals surface area (Å²) in [6.07, 6.45) is 2.06. The third kappa shape index (κ3) is 2.70. The van der Waals surface area contributed by atoms with Gasteiger partial charge in [-0.1, -0.05) is 6.07 Å². The van der Waals surface area contributed by atoms with E-state index in [2.05, 4.69) is 5.32 Å². The van der Waals surface area contributed by atoms with Crippen LogP contribution < -0.4 is 10.1 Å². The maximum absolute atomic E-state index is 10.6. The average molecular weight is 222 g/mol. The van der Waals surface area contributed by atoms with Gasteiger partial charge >= 0.3 is 0 Å². The summed E-state index contributed by atoms with van der Waals surface area (Å²) in [5, 5.41) is 13.8. The molecule has 1 heterocycles. The van der Waals surface area contributed by atoms with Gasteiger partial charge in [0.1, 0.15) is 11.9 Å². The topological polar surface area (TPSA) is 64.4 Å². The molecule has 0 amide bonds. The van der Waals surface area contributed by atoms with Crippen LogP contribution in [0.5, 0.6) is 5.75 Å². The molecule has 1 aromatic rings. The quantitative estimate of drug-likeness (QED) is 0.624. The lowest BCUT2D eigenvalue weighted by molar-refractivity contribution is -0.384. The Balaban J connectivity index is 2.02. The average Bonchev–Trinajstić information content (AvgIpc) is 2.30. The molecule has 2 rings (SSSR count). The van der Waals surface area contributed by atoms with Crippen LogP contribution in [0.3, 0.4) is 0 Å². The Labute approximate surface area is 93.6 Å². The van der Waals surface area contributed by atoms with Gasteiger partial charge in [0.2, 0.25) is 0 Å². The van der Waals surface area contributed by atoms with E-state index in [1.807, 2.05) is 0 Å². The molecule has 0 saturated carbocycles. The fraction of sp³-hybridized carbons (Fsp3) is 0.455. The van der Waals surface area contributed by atoms with Crippen LogP contribution in [0.25, 0.3) is 0 Å². The first-order valence-electron chi connectivity index (χ1n) is 5.37. The van der Waals surface area contributed by atoms with Crippen molar-refractivity contribution in [3.63, 3.8) is 0 Å². The van der Waals surface area contributed by atoms with Crippen molar-refractivity contribution >= 4 is 5.69 Å². The number of ether oxygens (including phenoxy) is 1. The summed E-state index contributed by atoms with van der Waals surface area (Å²) in [6, 6.07) is 6.35. The number of nitro groups is 1. The minimum atomic E-state index is -0.407. The molecule has 1 aliphatic heterocycles. The smallest absolute Gasteiger partial charge is 0.273 e. The van der Waals surface area contributed by atoms with Crippen LogP contribution in [-0.2, 0) is 0 Å². The Morgan fingerprint density at radius 1 is 1.38 bits per heavy atom. The van der Waals surface area contributed by atoms with Gasteiger partial charge in [0, 0.05) is 6.07 Å². The number of piperidine rings is 1. The predicted molar refractivity (Wildman–Crippen MR) is 59.6 cm³/mol. The lowest BCUT2D eigenvalue weighted by Gasteiger charge is -2.23. The van der Waals surface area contributed by atoms with Crippen LogP contribution >= 0.6 is 0 Å². The molecule has 16 heavy (non-hydrogen) atoms. The van der Waals surface area contributed by atoms with Crippen molar-refractivity contribution in [3.8, 4) is 5.75 Å². The number of hydrogen-bond donors (Lipinski definition) is 1. The highest BCUT2D eigenvalue weighted by molar-refractivity contribution is 5.38. The van der Waals surface area contributed by atoms with Crippen molar-refractivity contribution in [2.45, 2.75) is 18.9 Å². The molecule has 0 bridgehead atoms. The number of nitrogens with one attached hydrogen (secondary N) is 1. The molecule has 0 radical (unpaired) electrons. The van der Waals surface area contributed by atoms with Gasteiger partial charge in [0.05, 0.1) is 11.0 Å². The molecule has 5 heteroatoms. The fourth-order valence-electron chi connectivity index (χ4n) is 1.78. The molecule has 86 valence electrons. The Morgan fingerprint density at radius 2 is 2.12 bits per heavy atom. The zero-order valence-electron chi connectivity index (χ0n) is 8.89. The van der Waals surface area contributed by atoms with Crippen LogP contribution in [0.15, 0.2) is 24.3 Å². The van der Waals surface area contributed by atoms with Crippen LogP contribution in [-0.4, -0.2) is 24.1 Å².